The van der Waals surface area contributed by atoms with Gasteiger partial charge in [0.2, 0.25) is 0 Å². The molecule has 174 valence electrons. The fraction of sp³-hybridized carbons (Fsp3) is 0.353. The van der Waals surface area contributed by atoms with Crippen LogP contribution in [-0.4, -0.2) is 0 Å². The van der Waals surface area contributed by atoms with Crippen molar-refractivity contribution in [3.05, 3.63) is 119 Å². The van der Waals surface area contributed by atoms with Crippen LogP contribution in [0.5, 0.6) is 0 Å². The fourth-order valence-corrected chi connectivity index (χ4v) is 6.16. The fourth-order valence-electron chi connectivity index (χ4n) is 6.16. The van der Waals surface area contributed by atoms with Gasteiger partial charge in [0.25, 0.3) is 0 Å². The molecule has 0 heterocycles. The molecule has 34 heavy (non-hydrogen) atoms. The number of rotatable bonds is 9. The molecule has 0 radical (unpaired) electrons. The van der Waals surface area contributed by atoms with Gasteiger partial charge in [-0.3, -0.25) is 0 Å². The molecule has 2 aromatic rings. The molecule has 1 unspecified atom stereocenters. The zero-order chi connectivity index (χ0) is 23.2. The van der Waals surface area contributed by atoms with Crippen molar-refractivity contribution < 1.29 is 0 Å². The lowest BCUT2D eigenvalue weighted by Crippen LogP contribution is -2.15. The molecule has 0 N–H and O–H groups in total. The molecule has 0 heteroatoms. The van der Waals surface area contributed by atoms with Gasteiger partial charge in [0, 0.05) is 5.92 Å². The molecular weight excluding hydrogens is 408 g/mol. The molecule has 3 aliphatic rings. The molecule has 0 spiro atoms. The van der Waals surface area contributed by atoms with E-state index in [1.807, 2.05) is 0 Å². The zero-order valence-electron chi connectivity index (χ0n) is 20.5. The minimum absolute atomic E-state index is 0.578. The van der Waals surface area contributed by atoms with Gasteiger partial charge in [0.15, 0.2) is 0 Å². The van der Waals surface area contributed by atoms with Crippen LogP contribution in [-0.2, 0) is 0 Å². The quantitative estimate of drug-likeness (QED) is 0.359. The minimum Gasteiger partial charge on any atom is -0.0955 e. The lowest BCUT2D eigenvalue weighted by molar-refractivity contribution is 0.273. The Morgan fingerprint density at radius 1 is 0.912 bits per heavy atom. The van der Waals surface area contributed by atoms with E-state index in [-0.39, 0.29) is 0 Å². The summed E-state index contributed by atoms with van der Waals surface area (Å²) in [6, 6.07) is 19.8. The van der Waals surface area contributed by atoms with Crippen LogP contribution in [0.3, 0.4) is 0 Å². The highest BCUT2D eigenvalue weighted by molar-refractivity contribution is 5.66. The topological polar surface area (TPSA) is 0 Å². The van der Waals surface area contributed by atoms with E-state index in [1.165, 1.54) is 67.2 Å². The first kappa shape index (κ1) is 22.9. The third-order valence-electron chi connectivity index (χ3n) is 8.19. The Labute approximate surface area is 206 Å². The van der Waals surface area contributed by atoms with Crippen LogP contribution in [0.4, 0.5) is 0 Å². The van der Waals surface area contributed by atoms with Gasteiger partial charge in [0.05, 0.1) is 0 Å². The lowest BCUT2D eigenvalue weighted by Gasteiger charge is -2.29. The van der Waals surface area contributed by atoms with Crippen molar-refractivity contribution in [3.8, 4) is 0 Å². The summed E-state index contributed by atoms with van der Waals surface area (Å²) >= 11 is 0. The van der Waals surface area contributed by atoms with E-state index in [0.29, 0.717) is 5.92 Å². The molecule has 0 aromatic heterocycles. The number of allylic oxidation sites excluding steroid dienone is 7. The summed E-state index contributed by atoms with van der Waals surface area (Å²) in [5, 5.41) is 0. The van der Waals surface area contributed by atoms with Crippen molar-refractivity contribution in [1.82, 2.24) is 0 Å². The van der Waals surface area contributed by atoms with Gasteiger partial charge in [-0.15, -0.1) is 0 Å². The van der Waals surface area contributed by atoms with Gasteiger partial charge in [-0.05, 0) is 91.9 Å². The largest absolute Gasteiger partial charge is 0.0955 e. The Balaban J connectivity index is 1.15. The summed E-state index contributed by atoms with van der Waals surface area (Å²) in [6.07, 6.45) is 25.3. The molecular formula is C34H38. The molecule has 0 amide bonds. The van der Waals surface area contributed by atoms with Gasteiger partial charge in [0.1, 0.15) is 0 Å². The SMILES string of the molecule is C=C(CCC1C(CC2CCC(CC=Cc3ccccc3)CC2)=Cc2ccccc21)C1=CC=CC1. The van der Waals surface area contributed by atoms with Gasteiger partial charge >= 0.3 is 0 Å². The Hall–Kier alpha value is -2.86. The van der Waals surface area contributed by atoms with Crippen molar-refractivity contribution >= 4 is 12.2 Å². The maximum Gasteiger partial charge on any atom is 0.00606 e. The molecule has 2 aromatic carbocycles. The second-order valence-corrected chi connectivity index (χ2v) is 10.5. The second kappa shape index (κ2) is 11.0. The van der Waals surface area contributed by atoms with Crippen molar-refractivity contribution in [2.75, 3.05) is 0 Å². The van der Waals surface area contributed by atoms with E-state index in [1.54, 1.807) is 11.1 Å². The van der Waals surface area contributed by atoms with Gasteiger partial charge < -0.3 is 0 Å². The van der Waals surface area contributed by atoms with E-state index >= 15 is 0 Å². The summed E-state index contributed by atoms with van der Waals surface area (Å²) in [5.74, 6) is 2.29. The van der Waals surface area contributed by atoms with Crippen molar-refractivity contribution in [1.29, 1.82) is 0 Å². The normalized spacial score (nSPS) is 23.7. The summed E-state index contributed by atoms with van der Waals surface area (Å²) in [5.41, 5.74) is 8.76. The third-order valence-corrected chi connectivity index (χ3v) is 8.19. The monoisotopic (exact) mass is 446 g/mol. The van der Waals surface area contributed by atoms with E-state index < -0.39 is 0 Å². The number of benzene rings is 2. The summed E-state index contributed by atoms with van der Waals surface area (Å²) in [7, 11) is 0. The van der Waals surface area contributed by atoms with Crippen molar-refractivity contribution in [2.24, 2.45) is 11.8 Å². The molecule has 5 rings (SSSR count). The minimum atomic E-state index is 0.578. The summed E-state index contributed by atoms with van der Waals surface area (Å²) in [4.78, 5) is 0. The van der Waals surface area contributed by atoms with E-state index in [2.05, 4.69) is 97.6 Å². The maximum absolute atomic E-state index is 4.41. The molecule has 0 saturated heterocycles. The second-order valence-electron chi connectivity index (χ2n) is 10.5. The summed E-state index contributed by atoms with van der Waals surface area (Å²) < 4.78 is 0. The number of hydrogen-bond acceptors (Lipinski definition) is 0. The lowest BCUT2D eigenvalue weighted by atomic mass is 9.76. The molecule has 0 aliphatic heterocycles. The van der Waals surface area contributed by atoms with Crippen LogP contribution >= 0.6 is 0 Å². The molecule has 0 nitrogen and oxygen atoms in total. The molecule has 3 aliphatic carbocycles. The average molecular weight is 447 g/mol. The predicted octanol–water partition coefficient (Wildman–Crippen LogP) is 9.69. The maximum atomic E-state index is 4.41. The van der Waals surface area contributed by atoms with Crippen LogP contribution in [0.1, 0.15) is 80.4 Å². The molecule has 1 fully saturated rings. The highest BCUT2D eigenvalue weighted by Gasteiger charge is 2.28. The highest BCUT2D eigenvalue weighted by Crippen LogP contribution is 2.45. The van der Waals surface area contributed by atoms with E-state index in [0.717, 1.165) is 24.7 Å². The standard InChI is InChI=1S/C34H38/c1-26(30-14-5-6-15-30)18-23-34-32(25-31-16-7-8-17-33(31)34)24-29-21-19-28(20-22-29)13-9-12-27-10-3-2-4-11-27/h2-12,14,16-17,25,28-29,34H,1,13,15,18-24H2. The van der Waals surface area contributed by atoms with Crippen LogP contribution in [0.25, 0.3) is 12.2 Å². The predicted molar refractivity (Wildman–Crippen MR) is 148 cm³/mol. The van der Waals surface area contributed by atoms with Crippen LogP contribution in [0.15, 0.2) is 102 Å². The number of fused-ring (bicyclic) bond motifs is 1. The molecule has 0 bridgehead atoms. The number of hydrogen-bond donors (Lipinski definition) is 0. The van der Waals surface area contributed by atoms with E-state index in [4.69, 9.17) is 0 Å². The van der Waals surface area contributed by atoms with E-state index in [9.17, 15) is 0 Å². The average Bonchev–Trinajstić information content (AvgIpc) is 3.53. The Bertz CT molecular complexity index is 1100. The van der Waals surface area contributed by atoms with Crippen molar-refractivity contribution in [3.63, 3.8) is 0 Å². The first-order valence-electron chi connectivity index (χ1n) is 13.3. The van der Waals surface area contributed by atoms with Gasteiger partial charge in [-0.25, -0.2) is 0 Å². The highest BCUT2D eigenvalue weighted by atomic mass is 14.3. The first-order chi connectivity index (χ1) is 16.8. The Morgan fingerprint density at radius 3 is 2.47 bits per heavy atom. The molecule has 1 atom stereocenters. The van der Waals surface area contributed by atoms with Crippen molar-refractivity contribution in [2.45, 2.75) is 63.7 Å². The Kier molecular flexibility index (Phi) is 7.44. The zero-order valence-corrected chi connectivity index (χ0v) is 20.5. The first-order valence-corrected chi connectivity index (χ1v) is 13.3. The van der Waals surface area contributed by atoms with Crippen LogP contribution in [0.2, 0.25) is 0 Å². The van der Waals surface area contributed by atoms with Gasteiger partial charge in [-0.2, -0.15) is 0 Å². The van der Waals surface area contributed by atoms with Gasteiger partial charge in [-0.1, -0.05) is 109 Å². The third kappa shape index (κ3) is 5.61. The van der Waals surface area contributed by atoms with Crippen LogP contribution in [0, 0.1) is 11.8 Å². The van der Waals surface area contributed by atoms with Crippen LogP contribution < -0.4 is 0 Å². The smallest absolute Gasteiger partial charge is 0.00606 e. The molecule has 1 saturated carbocycles. The summed E-state index contributed by atoms with van der Waals surface area (Å²) in [6.45, 7) is 4.41. The Morgan fingerprint density at radius 2 is 1.68 bits per heavy atom.